The van der Waals surface area contributed by atoms with Crippen molar-refractivity contribution in [2.45, 2.75) is 19.1 Å². The largest absolute Gasteiger partial charge is 0.416 e. The first kappa shape index (κ1) is 15.3. The third kappa shape index (κ3) is 3.13. The second-order valence-corrected chi connectivity index (χ2v) is 5.40. The molecule has 0 saturated heterocycles. The van der Waals surface area contributed by atoms with Crippen LogP contribution in [0.1, 0.15) is 24.1 Å². The lowest BCUT2D eigenvalue weighted by Gasteiger charge is -2.16. The number of halogens is 3. The normalized spacial score (nSPS) is 13.3. The van der Waals surface area contributed by atoms with Crippen LogP contribution in [0.3, 0.4) is 0 Å². The Morgan fingerprint density at radius 3 is 2.65 bits per heavy atom. The quantitative estimate of drug-likeness (QED) is 0.788. The summed E-state index contributed by atoms with van der Waals surface area (Å²) in [5.74, 6) is 0. The van der Waals surface area contributed by atoms with E-state index in [9.17, 15) is 13.2 Å². The minimum Gasteiger partial charge on any atom is -0.378 e. The highest BCUT2D eigenvalue weighted by Crippen LogP contribution is 2.33. The van der Waals surface area contributed by atoms with Gasteiger partial charge in [0.15, 0.2) is 0 Å². The number of alkyl halides is 3. The molecule has 4 nitrogen and oxygen atoms in total. The molecule has 7 heteroatoms. The Bertz CT molecular complexity index is 839. The summed E-state index contributed by atoms with van der Waals surface area (Å²) in [4.78, 5) is 4.04. The predicted octanol–water partition coefficient (Wildman–Crippen LogP) is 4.16. The number of rotatable bonds is 3. The van der Waals surface area contributed by atoms with Gasteiger partial charge in [-0.3, -0.25) is 9.67 Å². The highest BCUT2D eigenvalue weighted by atomic mass is 19.4. The zero-order chi connectivity index (χ0) is 16.6. The number of hydrogen-bond donors (Lipinski definition) is 1. The van der Waals surface area contributed by atoms with Gasteiger partial charge in [-0.1, -0.05) is 6.07 Å². The average Bonchev–Trinajstić information content (AvgIpc) is 2.93. The minimum absolute atomic E-state index is 0.0309. The lowest BCUT2D eigenvalue weighted by atomic mass is 10.1. The van der Waals surface area contributed by atoms with Crippen LogP contribution in [0.2, 0.25) is 0 Å². The molecular weight excluding hydrogens is 305 g/mol. The van der Waals surface area contributed by atoms with E-state index < -0.39 is 11.7 Å². The van der Waals surface area contributed by atoms with Crippen LogP contribution in [0.25, 0.3) is 10.9 Å². The predicted molar refractivity (Wildman–Crippen MR) is 82.0 cm³/mol. The molecule has 0 aliphatic carbocycles. The standard InChI is InChI=1S/C16H15F3N4/c1-10(11-8-21-23(2)9-11)22-14-5-6-20-15-7-12(16(17,18)19)3-4-13(14)15/h3-10H,1-2H3,(H,20,22). The fourth-order valence-electron chi connectivity index (χ4n) is 2.43. The average molecular weight is 320 g/mol. The Labute approximate surface area is 131 Å². The minimum atomic E-state index is -4.37. The Kier molecular flexibility index (Phi) is 3.71. The third-order valence-electron chi connectivity index (χ3n) is 3.67. The maximum Gasteiger partial charge on any atom is 0.416 e. The van der Waals surface area contributed by atoms with E-state index in [2.05, 4.69) is 15.4 Å². The summed E-state index contributed by atoms with van der Waals surface area (Å²) in [5, 5.41) is 8.07. The molecule has 1 atom stereocenters. The number of benzene rings is 1. The van der Waals surface area contributed by atoms with Crippen molar-refractivity contribution in [1.29, 1.82) is 0 Å². The molecule has 0 amide bonds. The molecule has 3 rings (SSSR count). The van der Waals surface area contributed by atoms with Crippen molar-refractivity contribution in [2.75, 3.05) is 5.32 Å². The number of pyridine rings is 1. The molecule has 2 aromatic heterocycles. The molecule has 2 heterocycles. The zero-order valence-corrected chi connectivity index (χ0v) is 12.6. The van der Waals surface area contributed by atoms with Crippen molar-refractivity contribution in [3.63, 3.8) is 0 Å². The van der Waals surface area contributed by atoms with Gasteiger partial charge >= 0.3 is 6.18 Å². The monoisotopic (exact) mass is 320 g/mol. The summed E-state index contributed by atoms with van der Waals surface area (Å²) >= 11 is 0. The van der Waals surface area contributed by atoms with Crippen molar-refractivity contribution in [3.05, 3.63) is 54.0 Å². The molecule has 3 aromatic rings. The molecule has 0 aliphatic heterocycles. The van der Waals surface area contributed by atoms with E-state index in [1.54, 1.807) is 16.9 Å². The molecule has 0 bridgehead atoms. The SMILES string of the molecule is CC(Nc1ccnc2cc(C(F)(F)F)ccc12)c1cnn(C)c1. The van der Waals surface area contributed by atoms with Gasteiger partial charge in [0, 0.05) is 36.1 Å². The van der Waals surface area contributed by atoms with Gasteiger partial charge in [-0.15, -0.1) is 0 Å². The van der Waals surface area contributed by atoms with Gasteiger partial charge < -0.3 is 5.32 Å². The second-order valence-electron chi connectivity index (χ2n) is 5.40. The summed E-state index contributed by atoms with van der Waals surface area (Å²) in [7, 11) is 1.83. The molecule has 1 unspecified atom stereocenters. The zero-order valence-electron chi connectivity index (χ0n) is 12.6. The summed E-state index contributed by atoms with van der Waals surface area (Å²) in [6.45, 7) is 1.97. The van der Waals surface area contributed by atoms with E-state index in [0.717, 1.165) is 23.4 Å². The van der Waals surface area contributed by atoms with Gasteiger partial charge in [-0.2, -0.15) is 18.3 Å². The topological polar surface area (TPSA) is 42.7 Å². The van der Waals surface area contributed by atoms with Gasteiger partial charge in [0.25, 0.3) is 0 Å². The fourth-order valence-corrected chi connectivity index (χ4v) is 2.43. The number of anilines is 1. The number of hydrogen-bond acceptors (Lipinski definition) is 3. The Morgan fingerprint density at radius 2 is 2.00 bits per heavy atom. The van der Waals surface area contributed by atoms with Gasteiger partial charge in [-0.25, -0.2) is 0 Å². The highest BCUT2D eigenvalue weighted by molar-refractivity contribution is 5.91. The molecule has 1 N–H and O–H groups in total. The van der Waals surface area contributed by atoms with Gasteiger partial charge in [-0.05, 0) is 25.1 Å². The number of aryl methyl sites for hydroxylation is 1. The van der Waals surface area contributed by atoms with E-state index in [-0.39, 0.29) is 6.04 Å². The van der Waals surface area contributed by atoms with E-state index >= 15 is 0 Å². The van der Waals surface area contributed by atoms with Crippen LogP contribution in [-0.2, 0) is 13.2 Å². The molecule has 0 spiro atoms. The number of nitrogens with zero attached hydrogens (tertiary/aromatic N) is 3. The van der Waals surface area contributed by atoms with Crippen LogP contribution >= 0.6 is 0 Å². The van der Waals surface area contributed by atoms with E-state index in [1.807, 2.05) is 20.2 Å². The molecule has 1 aromatic carbocycles. The maximum absolute atomic E-state index is 12.8. The first-order chi connectivity index (χ1) is 10.8. The van der Waals surface area contributed by atoms with Gasteiger partial charge in [0.1, 0.15) is 0 Å². The van der Waals surface area contributed by atoms with E-state index in [4.69, 9.17) is 0 Å². The summed E-state index contributed by atoms with van der Waals surface area (Å²) in [6, 6.07) is 5.31. The van der Waals surface area contributed by atoms with Crippen molar-refractivity contribution in [2.24, 2.45) is 7.05 Å². The van der Waals surface area contributed by atoms with Crippen LogP contribution in [0.15, 0.2) is 42.9 Å². The molecule has 23 heavy (non-hydrogen) atoms. The highest BCUT2D eigenvalue weighted by Gasteiger charge is 2.30. The number of aromatic nitrogens is 3. The summed E-state index contributed by atoms with van der Waals surface area (Å²) < 4.78 is 40.1. The maximum atomic E-state index is 12.8. The Balaban J connectivity index is 1.95. The number of nitrogens with one attached hydrogen (secondary N) is 1. The van der Waals surface area contributed by atoms with E-state index in [1.165, 1.54) is 12.3 Å². The van der Waals surface area contributed by atoms with Crippen LogP contribution in [0.4, 0.5) is 18.9 Å². The third-order valence-corrected chi connectivity index (χ3v) is 3.67. The Morgan fingerprint density at radius 1 is 1.22 bits per heavy atom. The van der Waals surface area contributed by atoms with Crippen LogP contribution in [0, 0.1) is 0 Å². The van der Waals surface area contributed by atoms with Crippen LogP contribution in [-0.4, -0.2) is 14.8 Å². The van der Waals surface area contributed by atoms with Crippen LogP contribution < -0.4 is 5.32 Å². The summed E-state index contributed by atoms with van der Waals surface area (Å²) in [5.41, 5.74) is 1.34. The van der Waals surface area contributed by atoms with Crippen LogP contribution in [0.5, 0.6) is 0 Å². The molecule has 0 radical (unpaired) electrons. The molecule has 120 valence electrons. The molecule has 0 aliphatic rings. The number of fused-ring (bicyclic) bond motifs is 1. The van der Waals surface area contributed by atoms with Crippen molar-refractivity contribution < 1.29 is 13.2 Å². The fraction of sp³-hybridized carbons (Fsp3) is 0.250. The van der Waals surface area contributed by atoms with Crippen molar-refractivity contribution in [3.8, 4) is 0 Å². The molecule has 0 fully saturated rings. The lowest BCUT2D eigenvalue weighted by molar-refractivity contribution is -0.137. The van der Waals surface area contributed by atoms with E-state index in [0.29, 0.717) is 10.9 Å². The lowest BCUT2D eigenvalue weighted by Crippen LogP contribution is -2.07. The van der Waals surface area contributed by atoms with Crippen molar-refractivity contribution >= 4 is 16.6 Å². The van der Waals surface area contributed by atoms with Crippen molar-refractivity contribution in [1.82, 2.24) is 14.8 Å². The molecule has 0 saturated carbocycles. The first-order valence-electron chi connectivity index (χ1n) is 7.05. The van der Waals surface area contributed by atoms with Gasteiger partial charge in [0.05, 0.1) is 23.3 Å². The Hall–Kier alpha value is -2.57. The smallest absolute Gasteiger partial charge is 0.378 e. The molecular formula is C16H15F3N4. The first-order valence-corrected chi connectivity index (χ1v) is 7.05. The second kappa shape index (κ2) is 5.57. The van der Waals surface area contributed by atoms with Gasteiger partial charge in [0.2, 0.25) is 0 Å². The summed E-state index contributed by atoms with van der Waals surface area (Å²) in [6.07, 6.45) is 0.773.